The van der Waals surface area contributed by atoms with E-state index in [0.717, 1.165) is 5.76 Å². The fourth-order valence-corrected chi connectivity index (χ4v) is 0.980. The molecule has 0 atom stereocenters. The van der Waals surface area contributed by atoms with E-state index in [9.17, 15) is 0 Å². The molecule has 12 heavy (non-hydrogen) atoms. The number of rotatable bonds is 1. The van der Waals surface area contributed by atoms with Gasteiger partial charge in [-0.1, -0.05) is 20.8 Å². The highest BCUT2D eigenvalue weighted by atomic mass is 16.5. The zero-order valence-electron chi connectivity index (χ0n) is 8.59. The van der Waals surface area contributed by atoms with Gasteiger partial charge in [0, 0.05) is 19.3 Å². The van der Waals surface area contributed by atoms with Crippen molar-refractivity contribution >= 4 is 0 Å². The van der Waals surface area contributed by atoms with Crippen molar-refractivity contribution in [1.29, 1.82) is 0 Å². The van der Waals surface area contributed by atoms with Gasteiger partial charge in [-0.2, -0.15) is 0 Å². The topological polar surface area (TPSA) is 17.0 Å². The van der Waals surface area contributed by atoms with Gasteiger partial charge in [0.25, 0.3) is 0 Å². The predicted octanol–water partition coefficient (Wildman–Crippen LogP) is 2.45. The third-order valence-electron chi connectivity index (χ3n) is 1.82. The number of hydrogen-bond donors (Lipinski definition) is 0. The Morgan fingerprint density at radius 1 is 1.33 bits per heavy atom. The van der Waals surface area contributed by atoms with Crippen LogP contribution in [0.3, 0.4) is 0 Å². The molecule has 0 aliphatic heterocycles. The summed E-state index contributed by atoms with van der Waals surface area (Å²) in [5, 5.41) is 0. The minimum atomic E-state index is 0.111. The molecular weight excluding hydrogens is 150 g/mol. The maximum atomic E-state index is 5.63. The van der Waals surface area contributed by atoms with Crippen LogP contribution in [0.25, 0.3) is 0 Å². The molecule has 0 N–H and O–H groups in total. The van der Waals surface area contributed by atoms with Crippen molar-refractivity contribution in [2.75, 3.05) is 0 Å². The Bertz CT molecular complexity index is 255. The average molecular weight is 168 g/mol. The van der Waals surface area contributed by atoms with Crippen molar-refractivity contribution in [2.45, 2.75) is 46.1 Å². The molecular formula is C10H18NO+. The first kappa shape index (κ1) is 9.30. The van der Waals surface area contributed by atoms with E-state index in [1.54, 1.807) is 0 Å². The van der Waals surface area contributed by atoms with Crippen molar-refractivity contribution in [3.63, 3.8) is 0 Å². The second kappa shape index (κ2) is 2.92. The van der Waals surface area contributed by atoms with Crippen LogP contribution in [-0.4, -0.2) is 0 Å². The van der Waals surface area contributed by atoms with Crippen molar-refractivity contribution in [1.82, 2.24) is 0 Å². The van der Waals surface area contributed by atoms with Crippen molar-refractivity contribution in [3.8, 4) is 0 Å². The molecule has 0 spiro atoms. The summed E-state index contributed by atoms with van der Waals surface area (Å²) in [5.74, 6) is 1.04. The van der Waals surface area contributed by atoms with Crippen LogP contribution in [-0.2, 0) is 5.41 Å². The lowest BCUT2D eigenvalue weighted by atomic mass is 9.94. The van der Waals surface area contributed by atoms with Gasteiger partial charge in [0.05, 0.1) is 6.07 Å². The molecule has 2 nitrogen and oxygen atoms in total. The second-order valence-corrected chi connectivity index (χ2v) is 4.47. The smallest absolute Gasteiger partial charge is 0.220 e. The van der Waals surface area contributed by atoms with E-state index in [1.807, 2.05) is 17.0 Å². The lowest BCUT2D eigenvalue weighted by Crippen LogP contribution is -2.33. The van der Waals surface area contributed by atoms with Gasteiger partial charge in [-0.3, -0.25) is 0 Å². The molecule has 0 fully saturated rings. The van der Waals surface area contributed by atoms with E-state index in [-0.39, 0.29) is 5.41 Å². The van der Waals surface area contributed by atoms with Gasteiger partial charge in [-0.25, -0.2) is 4.52 Å². The van der Waals surface area contributed by atoms with Crippen LogP contribution in [0, 0.1) is 0 Å². The summed E-state index contributed by atoms with van der Waals surface area (Å²) in [6.45, 7) is 10.7. The van der Waals surface area contributed by atoms with E-state index in [4.69, 9.17) is 4.52 Å². The fourth-order valence-electron chi connectivity index (χ4n) is 0.980. The van der Waals surface area contributed by atoms with Gasteiger partial charge < -0.3 is 0 Å². The highest BCUT2D eigenvalue weighted by Crippen LogP contribution is 2.20. The van der Waals surface area contributed by atoms with Crippen molar-refractivity contribution in [3.05, 3.63) is 18.0 Å². The molecule has 0 aliphatic carbocycles. The van der Waals surface area contributed by atoms with Crippen molar-refractivity contribution < 1.29 is 9.26 Å². The number of hydrogen-bond acceptors (Lipinski definition) is 1. The SMILES string of the molecule is CC(C)[n+]1ccc(C(C)(C)C)o1. The monoisotopic (exact) mass is 168 g/mol. The molecule has 0 aliphatic rings. The van der Waals surface area contributed by atoms with Crippen LogP contribution in [0.15, 0.2) is 16.8 Å². The van der Waals surface area contributed by atoms with Gasteiger partial charge in [-0.05, 0) is 4.74 Å². The van der Waals surface area contributed by atoms with Crippen LogP contribution in [0.1, 0.15) is 46.4 Å². The quantitative estimate of drug-likeness (QED) is 0.589. The molecule has 0 saturated carbocycles. The van der Waals surface area contributed by atoms with E-state index in [0.29, 0.717) is 6.04 Å². The van der Waals surface area contributed by atoms with Gasteiger partial charge in [0.1, 0.15) is 0 Å². The average Bonchev–Trinajstić information content (AvgIpc) is 2.30. The molecule has 1 aromatic heterocycles. The van der Waals surface area contributed by atoms with Gasteiger partial charge in [-0.15, -0.1) is 0 Å². The molecule has 1 rings (SSSR count). The normalized spacial score (nSPS) is 12.5. The Hall–Kier alpha value is -0.790. The predicted molar refractivity (Wildman–Crippen MR) is 48.0 cm³/mol. The van der Waals surface area contributed by atoms with Gasteiger partial charge in [0.2, 0.25) is 6.20 Å². The number of nitrogens with zero attached hydrogens (tertiary/aromatic N) is 1. The van der Waals surface area contributed by atoms with Gasteiger partial charge in [0.15, 0.2) is 11.8 Å². The maximum absolute atomic E-state index is 5.63. The van der Waals surface area contributed by atoms with Crippen LogP contribution in [0.2, 0.25) is 0 Å². The molecule has 0 unspecified atom stereocenters. The Morgan fingerprint density at radius 2 is 1.92 bits per heavy atom. The zero-order chi connectivity index (χ0) is 9.35. The van der Waals surface area contributed by atoms with Crippen LogP contribution in [0.5, 0.6) is 0 Å². The van der Waals surface area contributed by atoms with E-state index in [1.165, 1.54) is 0 Å². The van der Waals surface area contributed by atoms with Crippen molar-refractivity contribution in [2.24, 2.45) is 0 Å². The van der Waals surface area contributed by atoms with E-state index >= 15 is 0 Å². The molecule has 1 aromatic rings. The van der Waals surface area contributed by atoms with Crippen LogP contribution < -0.4 is 4.74 Å². The highest BCUT2D eigenvalue weighted by molar-refractivity contribution is 5.04. The Morgan fingerprint density at radius 3 is 2.17 bits per heavy atom. The molecule has 0 amide bonds. The molecule has 0 bridgehead atoms. The largest absolute Gasteiger partial charge is 0.241 e. The first-order valence-corrected chi connectivity index (χ1v) is 4.43. The summed E-state index contributed by atoms with van der Waals surface area (Å²) in [6, 6.07) is 2.45. The minimum absolute atomic E-state index is 0.111. The minimum Gasteiger partial charge on any atom is -0.241 e. The lowest BCUT2D eigenvalue weighted by Gasteiger charge is -2.10. The van der Waals surface area contributed by atoms with Gasteiger partial charge >= 0.3 is 0 Å². The highest BCUT2D eigenvalue weighted by Gasteiger charge is 2.23. The third-order valence-corrected chi connectivity index (χ3v) is 1.82. The molecule has 0 aromatic carbocycles. The maximum Gasteiger partial charge on any atom is 0.220 e. The molecule has 0 radical (unpaired) electrons. The summed E-state index contributed by atoms with van der Waals surface area (Å²) in [4.78, 5) is 0. The Balaban J connectivity index is 2.92. The first-order valence-electron chi connectivity index (χ1n) is 4.43. The summed E-state index contributed by atoms with van der Waals surface area (Å²) in [5.41, 5.74) is 0.111. The molecule has 0 saturated heterocycles. The molecule has 68 valence electrons. The fraction of sp³-hybridized carbons (Fsp3) is 0.700. The van der Waals surface area contributed by atoms with Crippen LogP contribution >= 0.6 is 0 Å². The summed E-state index contributed by atoms with van der Waals surface area (Å²) in [6.07, 6.45) is 1.99. The lowest BCUT2D eigenvalue weighted by molar-refractivity contribution is -0.879. The van der Waals surface area contributed by atoms with E-state index < -0.39 is 0 Å². The number of aromatic nitrogens is 1. The Labute approximate surface area is 74.2 Å². The molecule has 1 heterocycles. The standard InChI is InChI=1S/C10H18NO/c1-8(2)11-7-6-9(12-11)10(3,4)5/h6-8H,1-5H3/q+1. The summed E-state index contributed by atoms with van der Waals surface area (Å²) in [7, 11) is 0. The summed E-state index contributed by atoms with van der Waals surface area (Å²) >= 11 is 0. The Kier molecular flexibility index (Phi) is 2.27. The summed E-state index contributed by atoms with van der Waals surface area (Å²) < 4.78 is 7.50. The van der Waals surface area contributed by atoms with E-state index in [2.05, 4.69) is 34.6 Å². The first-order chi connectivity index (χ1) is 5.41. The molecule has 2 heteroatoms. The second-order valence-electron chi connectivity index (χ2n) is 4.47. The third kappa shape index (κ3) is 1.87. The zero-order valence-corrected chi connectivity index (χ0v) is 8.59. The van der Waals surface area contributed by atoms with Crippen LogP contribution in [0.4, 0.5) is 0 Å².